The van der Waals surface area contributed by atoms with Crippen molar-refractivity contribution in [1.82, 2.24) is 0 Å². The van der Waals surface area contributed by atoms with Crippen molar-refractivity contribution in [2.45, 2.75) is 31.2 Å². The van der Waals surface area contributed by atoms with Crippen molar-refractivity contribution < 1.29 is 9.52 Å². The van der Waals surface area contributed by atoms with Crippen molar-refractivity contribution in [3.8, 4) is 5.75 Å². The van der Waals surface area contributed by atoms with E-state index in [2.05, 4.69) is 0 Å². The maximum atomic E-state index is 11.2. The summed E-state index contributed by atoms with van der Waals surface area (Å²) in [6.45, 7) is 0. The maximum Gasteiger partial charge on any atom is 0.396 e. The molecule has 90 valence electrons. The summed E-state index contributed by atoms with van der Waals surface area (Å²) in [4.78, 5) is 10.8. The predicted molar refractivity (Wildman–Crippen MR) is 66.4 cm³/mol. The quantitative estimate of drug-likeness (QED) is 0.815. The summed E-state index contributed by atoms with van der Waals surface area (Å²) in [5.41, 5.74) is 7.05. The lowest BCUT2D eigenvalue weighted by molar-refractivity contribution is 0.409. The Labute approximate surface area is 102 Å². The van der Waals surface area contributed by atoms with Gasteiger partial charge in [-0.15, -0.1) is 0 Å². The van der Waals surface area contributed by atoms with Crippen LogP contribution in [0.2, 0.25) is 0 Å². The fourth-order valence-corrected chi connectivity index (χ4v) is 3.27. The van der Waals surface area contributed by atoms with Gasteiger partial charge in [-0.1, -0.05) is 24.2 Å². The second-order valence-corrected chi connectivity index (χ2v) is 5.61. The molecule has 1 aliphatic carbocycles. The van der Waals surface area contributed by atoms with E-state index in [1.54, 1.807) is 12.1 Å². The predicted octanol–water partition coefficient (Wildman–Crippen LogP) is 2.29. The van der Waals surface area contributed by atoms with Gasteiger partial charge in [0.2, 0.25) is 0 Å². The van der Waals surface area contributed by atoms with Gasteiger partial charge in [-0.25, -0.2) is 4.79 Å². The highest BCUT2D eigenvalue weighted by Gasteiger charge is 2.34. The van der Waals surface area contributed by atoms with E-state index in [1.807, 2.05) is 0 Å². The lowest BCUT2D eigenvalue weighted by atomic mass is 9.88. The van der Waals surface area contributed by atoms with Crippen LogP contribution in [0.15, 0.2) is 21.3 Å². The second-order valence-electron chi connectivity index (χ2n) is 4.63. The van der Waals surface area contributed by atoms with Gasteiger partial charge in [0.05, 0.1) is 4.70 Å². The molecule has 1 aromatic heterocycles. The summed E-state index contributed by atoms with van der Waals surface area (Å²) in [7, 11) is 0. The smallest absolute Gasteiger partial charge is 0.396 e. The molecule has 3 rings (SSSR count). The molecule has 1 fully saturated rings. The molecule has 1 aromatic carbocycles. The molecule has 0 aliphatic heterocycles. The average Bonchev–Trinajstić information content (AvgIpc) is 2.83. The zero-order valence-corrected chi connectivity index (χ0v) is 10.0. The number of rotatable bonds is 1. The highest BCUT2D eigenvalue weighted by atomic mass is 32.1. The summed E-state index contributed by atoms with van der Waals surface area (Å²) < 4.78 is 5.73. The van der Waals surface area contributed by atoms with E-state index in [-0.39, 0.29) is 10.7 Å². The molecule has 0 unspecified atom stereocenters. The van der Waals surface area contributed by atoms with Gasteiger partial charge in [0.25, 0.3) is 0 Å². The third-order valence-corrected chi connectivity index (χ3v) is 4.27. The van der Waals surface area contributed by atoms with Gasteiger partial charge in [0, 0.05) is 17.2 Å². The molecule has 3 N–H and O–H groups in total. The van der Waals surface area contributed by atoms with Crippen LogP contribution in [-0.2, 0) is 5.54 Å². The molecule has 5 heteroatoms. The van der Waals surface area contributed by atoms with Crippen LogP contribution in [0.25, 0.3) is 10.3 Å². The monoisotopic (exact) mass is 251 g/mol. The van der Waals surface area contributed by atoms with Gasteiger partial charge in [-0.05, 0) is 18.9 Å². The topological polar surface area (TPSA) is 76.5 Å². The van der Waals surface area contributed by atoms with Crippen LogP contribution in [0.1, 0.15) is 31.2 Å². The summed E-state index contributed by atoms with van der Waals surface area (Å²) in [5, 5.41) is 10.0. The summed E-state index contributed by atoms with van der Waals surface area (Å²) in [5.74, 6) is 0.166. The van der Waals surface area contributed by atoms with Gasteiger partial charge < -0.3 is 15.3 Å². The van der Waals surface area contributed by atoms with E-state index >= 15 is 0 Å². The number of nitrogens with two attached hydrogens (primary N) is 1. The Morgan fingerprint density at radius 1 is 1.35 bits per heavy atom. The Kier molecular flexibility index (Phi) is 2.27. The minimum atomic E-state index is -0.473. The van der Waals surface area contributed by atoms with Gasteiger partial charge in [0.1, 0.15) is 11.3 Å². The van der Waals surface area contributed by atoms with Crippen LogP contribution in [-0.4, -0.2) is 5.11 Å². The molecule has 1 saturated carbocycles. The van der Waals surface area contributed by atoms with Crippen molar-refractivity contribution in [3.05, 3.63) is 27.4 Å². The van der Waals surface area contributed by atoms with E-state index in [9.17, 15) is 9.90 Å². The Morgan fingerprint density at radius 3 is 2.76 bits per heavy atom. The standard InChI is InChI=1S/C12H13NO3S/c13-12(3-1-2-4-12)7-5-9-10(6-8(7)14)17-11(15)16-9/h5-6,14H,1-4,13H2. The summed E-state index contributed by atoms with van der Waals surface area (Å²) in [6.07, 6.45) is 3.87. The van der Waals surface area contributed by atoms with E-state index < -0.39 is 5.54 Å². The van der Waals surface area contributed by atoms with Crippen LogP contribution in [0.5, 0.6) is 5.75 Å². The molecule has 0 amide bonds. The maximum absolute atomic E-state index is 11.2. The van der Waals surface area contributed by atoms with Crippen LogP contribution >= 0.6 is 11.3 Å². The molecule has 1 aliphatic rings. The van der Waals surface area contributed by atoms with Crippen LogP contribution in [0.4, 0.5) is 0 Å². The van der Waals surface area contributed by atoms with Crippen LogP contribution in [0.3, 0.4) is 0 Å². The molecule has 0 saturated heterocycles. The largest absolute Gasteiger partial charge is 0.508 e. The minimum Gasteiger partial charge on any atom is -0.508 e. The summed E-state index contributed by atoms with van der Waals surface area (Å²) >= 11 is 0.993. The van der Waals surface area contributed by atoms with Gasteiger partial charge in [0.15, 0.2) is 0 Å². The fourth-order valence-electron chi connectivity index (χ4n) is 2.58. The van der Waals surface area contributed by atoms with Gasteiger partial charge in [-0.2, -0.15) is 0 Å². The van der Waals surface area contributed by atoms with Gasteiger partial charge in [-0.3, -0.25) is 0 Å². The van der Waals surface area contributed by atoms with Crippen molar-refractivity contribution in [2.75, 3.05) is 0 Å². The molecule has 1 heterocycles. The van der Waals surface area contributed by atoms with E-state index in [1.165, 1.54) is 0 Å². The first-order valence-corrected chi connectivity index (χ1v) is 6.46. The summed E-state index contributed by atoms with van der Waals surface area (Å²) in [6, 6.07) is 3.29. The Balaban J connectivity index is 2.22. The first-order valence-electron chi connectivity index (χ1n) is 5.64. The molecule has 0 bridgehead atoms. The Hall–Kier alpha value is -1.33. The molecule has 0 radical (unpaired) electrons. The van der Waals surface area contributed by atoms with Crippen molar-refractivity contribution in [2.24, 2.45) is 5.73 Å². The Bertz CT molecular complexity index is 622. The average molecular weight is 251 g/mol. The van der Waals surface area contributed by atoms with E-state index in [4.69, 9.17) is 10.2 Å². The van der Waals surface area contributed by atoms with Gasteiger partial charge >= 0.3 is 4.94 Å². The third kappa shape index (κ3) is 1.66. The number of phenolic OH excluding ortho intramolecular Hbond substituents is 1. The lowest BCUT2D eigenvalue weighted by Gasteiger charge is -2.24. The highest BCUT2D eigenvalue weighted by molar-refractivity contribution is 7.16. The van der Waals surface area contributed by atoms with Crippen LogP contribution in [0, 0.1) is 0 Å². The lowest BCUT2D eigenvalue weighted by Crippen LogP contribution is -2.33. The third-order valence-electron chi connectivity index (χ3n) is 3.48. The fraction of sp³-hybridized carbons (Fsp3) is 0.417. The van der Waals surface area contributed by atoms with E-state index in [0.29, 0.717) is 15.8 Å². The number of hydrogen-bond acceptors (Lipinski definition) is 5. The van der Waals surface area contributed by atoms with Crippen molar-refractivity contribution in [1.29, 1.82) is 0 Å². The molecule has 0 atom stereocenters. The van der Waals surface area contributed by atoms with E-state index in [0.717, 1.165) is 37.0 Å². The molecular weight excluding hydrogens is 238 g/mol. The molecule has 2 aromatic rings. The Morgan fingerprint density at radius 2 is 2.06 bits per heavy atom. The first kappa shape index (κ1) is 10.8. The first-order chi connectivity index (χ1) is 8.08. The molecule has 0 spiro atoms. The van der Waals surface area contributed by atoms with Crippen LogP contribution < -0.4 is 10.7 Å². The minimum absolute atomic E-state index is 0.166. The number of benzene rings is 1. The second kappa shape index (κ2) is 3.58. The zero-order valence-electron chi connectivity index (χ0n) is 9.23. The van der Waals surface area contributed by atoms with Crippen molar-refractivity contribution >= 4 is 21.6 Å². The molecule has 4 nitrogen and oxygen atoms in total. The number of aromatic hydroxyl groups is 1. The number of fused-ring (bicyclic) bond motifs is 1. The number of phenols is 1. The normalized spacial score (nSPS) is 18.9. The zero-order chi connectivity index (χ0) is 12.0. The number of hydrogen-bond donors (Lipinski definition) is 2. The SMILES string of the molecule is NC1(c2cc3oc(=O)sc3cc2O)CCCC1. The molecule has 17 heavy (non-hydrogen) atoms. The van der Waals surface area contributed by atoms with Crippen molar-refractivity contribution in [3.63, 3.8) is 0 Å². The highest BCUT2D eigenvalue weighted by Crippen LogP contribution is 2.42. The molecular formula is C12H13NO3S.